The maximum absolute atomic E-state index is 5.94. The number of nitrogens with one attached hydrogen (secondary N) is 1. The number of nitrogens with zero attached hydrogens (tertiary/aromatic N) is 4. The van der Waals surface area contributed by atoms with Crippen molar-refractivity contribution in [2.45, 2.75) is 25.9 Å². The van der Waals surface area contributed by atoms with Crippen LogP contribution < -0.4 is 9.47 Å². The number of para-hydroxylation sites is 1. The van der Waals surface area contributed by atoms with E-state index in [4.69, 9.17) is 9.47 Å². The number of hydrogen-bond donors (Lipinski definition) is 1. The molecule has 0 aliphatic rings. The molecule has 7 heteroatoms. The molecule has 0 aliphatic carbocycles. The van der Waals surface area contributed by atoms with Gasteiger partial charge in [-0.3, -0.25) is 0 Å². The smallest absolute Gasteiger partial charge is 0.177 e. The predicted octanol–water partition coefficient (Wildman–Crippen LogP) is 4.73. The number of pyridine rings is 1. The average Bonchev–Trinajstić information content (AvgIpc) is 3.41. The maximum Gasteiger partial charge on any atom is 0.177 e. The number of hydrogen-bond acceptors (Lipinski definition) is 6. The van der Waals surface area contributed by atoms with E-state index in [2.05, 4.69) is 62.0 Å². The normalized spacial score (nSPS) is 10.9. The Kier molecular flexibility index (Phi) is 6.71. The van der Waals surface area contributed by atoms with Crippen LogP contribution in [0.3, 0.4) is 0 Å². The fourth-order valence-electron chi connectivity index (χ4n) is 3.73. The fraction of sp³-hybridized carbons (Fsp3) is 0.185. The molecule has 3 aromatic carbocycles. The highest BCUT2D eigenvalue weighted by atomic mass is 16.5. The first-order valence-corrected chi connectivity index (χ1v) is 11.3. The predicted molar refractivity (Wildman–Crippen MR) is 130 cm³/mol. The number of benzene rings is 3. The Hall–Kier alpha value is -4.26. The minimum atomic E-state index is 0.448. The molecule has 0 unspecified atom stereocenters. The highest BCUT2D eigenvalue weighted by Crippen LogP contribution is 2.19. The quantitative estimate of drug-likeness (QED) is 0.330. The van der Waals surface area contributed by atoms with Crippen molar-refractivity contribution in [2.75, 3.05) is 6.61 Å². The third-order valence-electron chi connectivity index (χ3n) is 5.55. The lowest BCUT2D eigenvalue weighted by Gasteiger charge is -2.09. The number of aryl methyl sites for hydroxylation is 2. The molecule has 170 valence electrons. The minimum Gasteiger partial charge on any atom is -0.493 e. The third kappa shape index (κ3) is 5.75. The lowest BCUT2D eigenvalue weighted by atomic mass is 10.0. The Bertz CT molecular complexity index is 1340. The minimum absolute atomic E-state index is 0.448. The van der Waals surface area contributed by atoms with Gasteiger partial charge in [0.25, 0.3) is 0 Å². The average molecular weight is 452 g/mol. The van der Waals surface area contributed by atoms with E-state index < -0.39 is 0 Å². The Labute approximate surface area is 197 Å². The molecule has 5 rings (SSSR count). The van der Waals surface area contributed by atoms with Crippen LogP contribution in [-0.4, -0.2) is 32.2 Å². The first-order chi connectivity index (χ1) is 16.8. The number of H-pyrrole nitrogens is 1. The van der Waals surface area contributed by atoms with Gasteiger partial charge in [0.2, 0.25) is 0 Å². The van der Waals surface area contributed by atoms with Crippen LogP contribution >= 0.6 is 0 Å². The summed E-state index contributed by atoms with van der Waals surface area (Å²) in [7, 11) is 0. The van der Waals surface area contributed by atoms with Gasteiger partial charge in [0, 0.05) is 11.8 Å². The lowest BCUT2D eigenvalue weighted by Crippen LogP contribution is -2.03. The first kappa shape index (κ1) is 21.6. The molecule has 2 heterocycles. The van der Waals surface area contributed by atoms with E-state index in [0.29, 0.717) is 25.5 Å². The number of rotatable bonds is 10. The van der Waals surface area contributed by atoms with Crippen molar-refractivity contribution >= 4 is 10.9 Å². The van der Waals surface area contributed by atoms with Gasteiger partial charge in [0.15, 0.2) is 5.82 Å². The Morgan fingerprint density at radius 1 is 0.706 bits per heavy atom. The van der Waals surface area contributed by atoms with Crippen molar-refractivity contribution in [1.29, 1.82) is 0 Å². The second kappa shape index (κ2) is 10.6. The second-order valence-electron chi connectivity index (χ2n) is 8.00. The number of tetrazole rings is 1. The number of ether oxygens (including phenoxy) is 2. The summed E-state index contributed by atoms with van der Waals surface area (Å²) >= 11 is 0. The summed E-state index contributed by atoms with van der Waals surface area (Å²) in [5.74, 6) is 2.35. The molecule has 0 bridgehead atoms. The summed E-state index contributed by atoms with van der Waals surface area (Å²) in [4.78, 5) is 4.66. The van der Waals surface area contributed by atoms with Gasteiger partial charge in [-0.15, -0.1) is 10.2 Å². The summed E-state index contributed by atoms with van der Waals surface area (Å²) in [6, 6.07) is 28.7. The SMILES string of the molecule is c1cc(CCc2ccc(OCc3ccc4ccccc4n3)cc2)cc(OCCc2nn[nH]n2)c1. The second-order valence-corrected chi connectivity index (χ2v) is 8.00. The van der Waals surface area contributed by atoms with Gasteiger partial charge in [0.05, 0.1) is 17.8 Å². The molecule has 0 spiro atoms. The molecular formula is C27H25N5O2. The molecule has 0 saturated heterocycles. The Balaban J connectivity index is 1.10. The van der Waals surface area contributed by atoms with E-state index in [-0.39, 0.29) is 0 Å². The largest absolute Gasteiger partial charge is 0.493 e. The number of aromatic nitrogens is 5. The van der Waals surface area contributed by atoms with Crippen LogP contribution in [0.5, 0.6) is 11.5 Å². The molecule has 7 nitrogen and oxygen atoms in total. The molecule has 1 N–H and O–H groups in total. The van der Waals surface area contributed by atoms with Gasteiger partial charge in [-0.05, 0) is 60.4 Å². The molecule has 0 radical (unpaired) electrons. The zero-order valence-corrected chi connectivity index (χ0v) is 18.7. The van der Waals surface area contributed by atoms with E-state index in [9.17, 15) is 0 Å². The number of aromatic amines is 1. The van der Waals surface area contributed by atoms with Crippen LogP contribution in [-0.2, 0) is 25.9 Å². The summed E-state index contributed by atoms with van der Waals surface area (Å²) in [5, 5.41) is 15.0. The van der Waals surface area contributed by atoms with E-state index in [0.717, 1.165) is 40.9 Å². The van der Waals surface area contributed by atoms with Crippen LogP contribution in [0.25, 0.3) is 10.9 Å². The van der Waals surface area contributed by atoms with E-state index in [1.54, 1.807) is 0 Å². The Morgan fingerprint density at radius 2 is 1.59 bits per heavy atom. The van der Waals surface area contributed by atoms with Crippen molar-refractivity contribution in [3.8, 4) is 11.5 Å². The summed E-state index contributed by atoms with van der Waals surface area (Å²) in [6.07, 6.45) is 2.49. The van der Waals surface area contributed by atoms with Crippen molar-refractivity contribution in [2.24, 2.45) is 0 Å². The molecule has 0 fully saturated rings. The molecule has 0 saturated carbocycles. The molecule has 0 atom stereocenters. The zero-order valence-electron chi connectivity index (χ0n) is 18.7. The van der Waals surface area contributed by atoms with Crippen molar-refractivity contribution in [3.63, 3.8) is 0 Å². The van der Waals surface area contributed by atoms with Crippen LogP contribution in [0, 0.1) is 0 Å². The maximum atomic E-state index is 5.94. The van der Waals surface area contributed by atoms with Crippen LogP contribution in [0.1, 0.15) is 22.6 Å². The highest BCUT2D eigenvalue weighted by molar-refractivity contribution is 5.78. The summed E-state index contributed by atoms with van der Waals surface area (Å²) < 4.78 is 11.8. The standard InChI is InChI=1S/C27H25N5O2/c1-2-7-26-22(5-1)12-13-23(28-26)19-34-24-14-10-20(11-15-24)8-9-21-4-3-6-25(18-21)33-17-16-27-29-31-32-30-27/h1-7,10-15,18H,8-9,16-17,19H2,(H,29,30,31,32). The lowest BCUT2D eigenvalue weighted by molar-refractivity contribution is 0.301. The van der Waals surface area contributed by atoms with Gasteiger partial charge in [-0.25, -0.2) is 4.98 Å². The topological polar surface area (TPSA) is 85.8 Å². The zero-order chi connectivity index (χ0) is 23.0. The van der Waals surface area contributed by atoms with Crippen molar-refractivity contribution in [1.82, 2.24) is 25.6 Å². The van der Waals surface area contributed by atoms with Crippen LogP contribution in [0.2, 0.25) is 0 Å². The van der Waals surface area contributed by atoms with E-state index >= 15 is 0 Å². The molecular weight excluding hydrogens is 426 g/mol. The van der Waals surface area contributed by atoms with E-state index in [1.807, 2.05) is 48.5 Å². The first-order valence-electron chi connectivity index (χ1n) is 11.3. The van der Waals surface area contributed by atoms with Crippen molar-refractivity contribution in [3.05, 3.63) is 108 Å². The Morgan fingerprint density at radius 3 is 2.47 bits per heavy atom. The summed E-state index contributed by atoms with van der Waals surface area (Å²) in [6.45, 7) is 0.961. The molecule has 5 aromatic rings. The van der Waals surface area contributed by atoms with Gasteiger partial charge in [-0.1, -0.05) is 53.7 Å². The molecule has 34 heavy (non-hydrogen) atoms. The molecule has 0 aliphatic heterocycles. The third-order valence-corrected chi connectivity index (χ3v) is 5.55. The summed E-state index contributed by atoms with van der Waals surface area (Å²) in [5.41, 5.74) is 4.40. The molecule has 2 aromatic heterocycles. The van der Waals surface area contributed by atoms with E-state index in [1.165, 1.54) is 11.1 Å². The van der Waals surface area contributed by atoms with Crippen LogP contribution in [0.15, 0.2) is 84.9 Å². The van der Waals surface area contributed by atoms with Crippen molar-refractivity contribution < 1.29 is 9.47 Å². The fourth-order valence-corrected chi connectivity index (χ4v) is 3.73. The highest BCUT2D eigenvalue weighted by Gasteiger charge is 2.03. The van der Waals surface area contributed by atoms with Gasteiger partial charge in [-0.2, -0.15) is 5.21 Å². The van der Waals surface area contributed by atoms with Gasteiger partial charge in [0.1, 0.15) is 18.1 Å². The van der Waals surface area contributed by atoms with Gasteiger partial charge < -0.3 is 9.47 Å². The van der Waals surface area contributed by atoms with Crippen LogP contribution in [0.4, 0.5) is 0 Å². The number of fused-ring (bicyclic) bond motifs is 1. The molecule has 0 amide bonds. The monoisotopic (exact) mass is 451 g/mol. The van der Waals surface area contributed by atoms with Gasteiger partial charge >= 0.3 is 0 Å².